The molecule has 0 fully saturated rings. The van der Waals surface area contributed by atoms with Crippen LogP contribution in [0.1, 0.15) is 16.8 Å². The van der Waals surface area contributed by atoms with Gasteiger partial charge in [-0.05, 0) is 30.8 Å². The highest BCUT2D eigenvalue weighted by Gasteiger charge is 2.07. The lowest BCUT2D eigenvalue weighted by Gasteiger charge is -2.17. The number of likely N-dealkylation sites (N-methyl/N-ethyl adjacent to an activating group) is 1. The molecule has 0 bridgehead atoms. The quantitative estimate of drug-likeness (QED) is 0.831. The molecule has 0 saturated heterocycles. The Bertz CT molecular complexity index is 616. The van der Waals surface area contributed by atoms with Gasteiger partial charge in [0.2, 0.25) is 0 Å². The SMILES string of the molecule is CN(CCc1ccccn1)Cc1ccc(C(N)=S)cc1Cl. The Labute approximate surface area is 135 Å². The highest BCUT2D eigenvalue weighted by atomic mass is 35.5. The summed E-state index contributed by atoms with van der Waals surface area (Å²) in [6, 6.07) is 11.7. The summed E-state index contributed by atoms with van der Waals surface area (Å²) in [5.74, 6) is 0. The van der Waals surface area contributed by atoms with Crippen LogP contribution in [0.5, 0.6) is 0 Å². The molecule has 0 saturated carbocycles. The molecular formula is C16H18ClN3S. The first-order valence-corrected chi connectivity index (χ1v) is 7.51. The lowest BCUT2D eigenvalue weighted by atomic mass is 10.1. The topological polar surface area (TPSA) is 42.2 Å². The van der Waals surface area contributed by atoms with Crippen molar-refractivity contribution in [2.75, 3.05) is 13.6 Å². The van der Waals surface area contributed by atoms with Crippen LogP contribution in [0.25, 0.3) is 0 Å². The van der Waals surface area contributed by atoms with Gasteiger partial charge in [0, 0.05) is 42.0 Å². The van der Waals surface area contributed by atoms with Gasteiger partial charge in [-0.25, -0.2) is 0 Å². The van der Waals surface area contributed by atoms with Crippen LogP contribution in [-0.2, 0) is 13.0 Å². The number of hydrogen-bond acceptors (Lipinski definition) is 3. The summed E-state index contributed by atoms with van der Waals surface area (Å²) in [4.78, 5) is 6.91. The predicted molar refractivity (Wildman–Crippen MR) is 91.6 cm³/mol. The third-order valence-electron chi connectivity index (χ3n) is 3.25. The normalized spacial score (nSPS) is 10.8. The molecule has 2 rings (SSSR count). The van der Waals surface area contributed by atoms with E-state index in [0.29, 0.717) is 10.0 Å². The smallest absolute Gasteiger partial charge is 0.104 e. The molecule has 0 atom stereocenters. The molecule has 3 nitrogen and oxygen atoms in total. The van der Waals surface area contributed by atoms with E-state index < -0.39 is 0 Å². The number of hydrogen-bond donors (Lipinski definition) is 1. The van der Waals surface area contributed by atoms with Gasteiger partial charge in [0.15, 0.2) is 0 Å². The third kappa shape index (κ3) is 4.77. The molecule has 0 aliphatic rings. The Morgan fingerprint density at radius 3 is 2.76 bits per heavy atom. The molecule has 2 N–H and O–H groups in total. The van der Waals surface area contributed by atoms with E-state index in [0.717, 1.165) is 36.3 Å². The fourth-order valence-electron chi connectivity index (χ4n) is 2.05. The summed E-state index contributed by atoms with van der Waals surface area (Å²) in [5.41, 5.74) is 8.57. The van der Waals surface area contributed by atoms with E-state index in [2.05, 4.69) is 16.9 Å². The maximum Gasteiger partial charge on any atom is 0.104 e. The van der Waals surface area contributed by atoms with Crippen molar-refractivity contribution in [2.24, 2.45) is 5.73 Å². The second-order valence-corrected chi connectivity index (χ2v) is 5.83. The first-order valence-electron chi connectivity index (χ1n) is 6.73. The number of rotatable bonds is 6. The van der Waals surface area contributed by atoms with Crippen LogP contribution >= 0.6 is 23.8 Å². The van der Waals surface area contributed by atoms with Crippen LogP contribution in [0, 0.1) is 0 Å². The maximum atomic E-state index is 6.28. The summed E-state index contributed by atoms with van der Waals surface area (Å²) >= 11 is 11.2. The molecule has 1 heterocycles. The van der Waals surface area contributed by atoms with Gasteiger partial charge in [0.25, 0.3) is 0 Å². The summed E-state index contributed by atoms with van der Waals surface area (Å²) in [6.45, 7) is 1.70. The van der Waals surface area contributed by atoms with E-state index in [4.69, 9.17) is 29.6 Å². The second kappa shape index (κ2) is 7.50. The van der Waals surface area contributed by atoms with E-state index in [-0.39, 0.29) is 0 Å². The van der Waals surface area contributed by atoms with E-state index in [9.17, 15) is 0 Å². The summed E-state index contributed by atoms with van der Waals surface area (Å²) < 4.78 is 0. The lowest BCUT2D eigenvalue weighted by molar-refractivity contribution is 0.330. The fourth-order valence-corrected chi connectivity index (χ4v) is 2.42. The minimum atomic E-state index is 0.368. The molecule has 110 valence electrons. The van der Waals surface area contributed by atoms with Crippen molar-refractivity contribution in [1.82, 2.24) is 9.88 Å². The van der Waals surface area contributed by atoms with Crippen molar-refractivity contribution in [3.05, 3.63) is 64.4 Å². The van der Waals surface area contributed by atoms with Gasteiger partial charge in [-0.1, -0.05) is 42.0 Å². The van der Waals surface area contributed by atoms with Crippen molar-refractivity contribution in [3.8, 4) is 0 Å². The van der Waals surface area contributed by atoms with E-state index in [1.807, 2.05) is 42.6 Å². The first-order chi connectivity index (χ1) is 10.1. The third-order valence-corrected chi connectivity index (χ3v) is 3.84. The van der Waals surface area contributed by atoms with Gasteiger partial charge in [-0.2, -0.15) is 0 Å². The summed E-state index contributed by atoms with van der Waals surface area (Å²) in [5, 5.41) is 0.699. The van der Waals surface area contributed by atoms with Gasteiger partial charge in [0.1, 0.15) is 4.99 Å². The number of aromatic nitrogens is 1. The monoisotopic (exact) mass is 319 g/mol. The number of benzene rings is 1. The number of halogens is 1. The average Bonchev–Trinajstić information content (AvgIpc) is 2.48. The molecule has 21 heavy (non-hydrogen) atoms. The number of pyridine rings is 1. The number of nitrogens with zero attached hydrogens (tertiary/aromatic N) is 2. The number of nitrogens with two attached hydrogens (primary N) is 1. The van der Waals surface area contributed by atoms with Gasteiger partial charge in [-0.15, -0.1) is 0 Å². The molecule has 0 aliphatic heterocycles. The van der Waals surface area contributed by atoms with Crippen molar-refractivity contribution in [3.63, 3.8) is 0 Å². The largest absolute Gasteiger partial charge is 0.389 e. The van der Waals surface area contributed by atoms with Crippen molar-refractivity contribution in [2.45, 2.75) is 13.0 Å². The molecule has 0 radical (unpaired) electrons. The minimum Gasteiger partial charge on any atom is -0.389 e. The summed E-state index contributed by atoms with van der Waals surface area (Å²) in [7, 11) is 2.07. The average molecular weight is 320 g/mol. The molecule has 0 aliphatic carbocycles. The summed E-state index contributed by atoms with van der Waals surface area (Å²) in [6.07, 6.45) is 2.74. The molecular weight excluding hydrogens is 302 g/mol. The first kappa shape index (κ1) is 15.9. The van der Waals surface area contributed by atoms with Crippen molar-refractivity contribution in [1.29, 1.82) is 0 Å². The van der Waals surface area contributed by atoms with Crippen LogP contribution in [-0.4, -0.2) is 28.5 Å². The highest BCUT2D eigenvalue weighted by Crippen LogP contribution is 2.19. The second-order valence-electron chi connectivity index (χ2n) is 4.98. The lowest BCUT2D eigenvalue weighted by Crippen LogP contribution is -2.21. The molecule has 0 spiro atoms. The zero-order valence-electron chi connectivity index (χ0n) is 11.9. The van der Waals surface area contributed by atoms with Gasteiger partial charge < -0.3 is 10.6 Å². The van der Waals surface area contributed by atoms with Gasteiger partial charge >= 0.3 is 0 Å². The molecule has 0 amide bonds. The van der Waals surface area contributed by atoms with Crippen LogP contribution in [0.4, 0.5) is 0 Å². The predicted octanol–water partition coefficient (Wildman–Crippen LogP) is 3.04. The zero-order chi connectivity index (χ0) is 15.2. The van der Waals surface area contributed by atoms with Crippen molar-refractivity contribution < 1.29 is 0 Å². The molecule has 1 aromatic carbocycles. The standard InChI is InChI=1S/C16H18ClN3S/c1-20(9-7-14-4-2-3-8-19-14)11-13-6-5-12(16(18)21)10-15(13)17/h2-6,8,10H,7,9,11H2,1H3,(H2,18,21). The minimum absolute atomic E-state index is 0.368. The molecule has 2 aromatic rings. The van der Waals surface area contributed by atoms with Crippen LogP contribution < -0.4 is 5.73 Å². The van der Waals surface area contributed by atoms with Crippen LogP contribution in [0.15, 0.2) is 42.6 Å². The Hall–Kier alpha value is -1.49. The van der Waals surface area contributed by atoms with Gasteiger partial charge in [-0.3, -0.25) is 4.98 Å². The number of thiocarbonyl (C=S) groups is 1. The fraction of sp³-hybridized carbons (Fsp3) is 0.250. The zero-order valence-corrected chi connectivity index (χ0v) is 13.5. The Kier molecular flexibility index (Phi) is 5.67. The molecule has 5 heteroatoms. The van der Waals surface area contributed by atoms with E-state index >= 15 is 0 Å². The molecule has 0 unspecified atom stereocenters. The Balaban J connectivity index is 1.93. The van der Waals surface area contributed by atoms with E-state index in [1.54, 1.807) is 0 Å². The van der Waals surface area contributed by atoms with Crippen LogP contribution in [0.3, 0.4) is 0 Å². The van der Waals surface area contributed by atoms with Crippen molar-refractivity contribution >= 4 is 28.8 Å². The van der Waals surface area contributed by atoms with Crippen LogP contribution in [0.2, 0.25) is 5.02 Å². The molecule has 1 aromatic heterocycles. The van der Waals surface area contributed by atoms with E-state index in [1.165, 1.54) is 0 Å². The highest BCUT2D eigenvalue weighted by molar-refractivity contribution is 7.80. The Morgan fingerprint density at radius 1 is 1.33 bits per heavy atom. The maximum absolute atomic E-state index is 6.28. The van der Waals surface area contributed by atoms with Gasteiger partial charge in [0.05, 0.1) is 0 Å². The Morgan fingerprint density at radius 2 is 2.14 bits per heavy atom.